The molecule has 2 aliphatic rings. The van der Waals surface area contributed by atoms with Gasteiger partial charge in [0.1, 0.15) is 5.54 Å². The number of hydrogen-bond donors (Lipinski definition) is 1. The van der Waals surface area contributed by atoms with E-state index in [-0.39, 0.29) is 5.54 Å². The Kier molecular flexibility index (Phi) is 5.24. The summed E-state index contributed by atoms with van der Waals surface area (Å²) in [5, 5.41) is 12.7. The normalized spacial score (nSPS) is 29.9. The van der Waals surface area contributed by atoms with Crippen LogP contribution in [0.15, 0.2) is 0 Å². The predicted octanol–water partition coefficient (Wildman–Crippen LogP) is 2.78. The fourth-order valence-corrected chi connectivity index (χ4v) is 3.76. The minimum atomic E-state index is -0.328. The summed E-state index contributed by atoms with van der Waals surface area (Å²) in [6.45, 7) is 8.94. The van der Waals surface area contributed by atoms with Crippen LogP contribution in [-0.4, -0.2) is 36.6 Å². The van der Waals surface area contributed by atoms with Gasteiger partial charge in [-0.05, 0) is 64.0 Å². The molecule has 3 atom stereocenters. The molecular weight excluding hydrogens is 234 g/mol. The van der Waals surface area contributed by atoms with Gasteiger partial charge in [-0.25, -0.2) is 0 Å². The average Bonchev–Trinajstić information content (AvgIpc) is 2.97. The smallest absolute Gasteiger partial charge is 0.103 e. The average molecular weight is 263 g/mol. The van der Waals surface area contributed by atoms with Gasteiger partial charge in [0.15, 0.2) is 0 Å². The second-order valence-electron chi connectivity index (χ2n) is 6.68. The van der Waals surface area contributed by atoms with Crippen LogP contribution in [0.5, 0.6) is 0 Å². The van der Waals surface area contributed by atoms with Crippen molar-refractivity contribution in [1.29, 1.82) is 5.26 Å². The highest BCUT2D eigenvalue weighted by atomic mass is 15.2. The lowest BCUT2D eigenvalue weighted by Gasteiger charge is -2.24. The van der Waals surface area contributed by atoms with E-state index in [0.717, 1.165) is 37.6 Å². The van der Waals surface area contributed by atoms with Gasteiger partial charge in [0, 0.05) is 13.1 Å². The van der Waals surface area contributed by atoms with Crippen molar-refractivity contribution in [3.63, 3.8) is 0 Å². The molecule has 0 aromatic rings. The van der Waals surface area contributed by atoms with Gasteiger partial charge < -0.3 is 4.90 Å². The van der Waals surface area contributed by atoms with Crippen LogP contribution in [0.2, 0.25) is 0 Å². The Hall–Kier alpha value is -0.590. The quantitative estimate of drug-likeness (QED) is 0.767. The van der Waals surface area contributed by atoms with Crippen molar-refractivity contribution >= 4 is 0 Å². The second-order valence-corrected chi connectivity index (χ2v) is 6.68. The van der Waals surface area contributed by atoms with E-state index in [1.165, 1.54) is 38.9 Å². The van der Waals surface area contributed by atoms with E-state index < -0.39 is 0 Å². The maximum absolute atomic E-state index is 9.31. The van der Waals surface area contributed by atoms with Crippen molar-refractivity contribution in [3.8, 4) is 6.07 Å². The first-order valence-electron chi connectivity index (χ1n) is 8.05. The zero-order chi connectivity index (χ0) is 13.7. The molecule has 108 valence electrons. The summed E-state index contributed by atoms with van der Waals surface area (Å²) in [5.41, 5.74) is -0.328. The van der Waals surface area contributed by atoms with Crippen LogP contribution in [0.3, 0.4) is 0 Å². The molecule has 2 rings (SSSR count). The minimum absolute atomic E-state index is 0.328. The third kappa shape index (κ3) is 3.94. The molecule has 1 aliphatic carbocycles. The molecule has 1 saturated heterocycles. The first-order chi connectivity index (χ1) is 9.17. The fourth-order valence-electron chi connectivity index (χ4n) is 3.76. The van der Waals surface area contributed by atoms with Crippen molar-refractivity contribution in [1.82, 2.24) is 10.2 Å². The summed E-state index contributed by atoms with van der Waals surface area (Å²) in [7, 11) is 0. The molecule has 1 heterocycles. The molecule has 3 heteroatoms. The van der Waals surface area contributed by atoms with E-state index in [2.05, 4.69) is 23.2 Å². The maximum Gasteiger partial charge on any atom is 0.103 e. The first-order valence-corrected chi connectivity index (χ1v) is 8.05. The lowest BCUT2D eigenvalue weighted by Crippen LogP contribution is -2.42. The van der Waals surface area contributed by atoms with Gasteiger partial charge in [-0.15, -0.1) is 0 Å². The standard InChI is InChI=1S/C16H29N3/c1-3-9-18-16(2,13-17)8-5-10-19-11-14-6-4-7-15(14)12-19/h14-15,18H,3-12H2,1-2H3. The van der Waals surface area contributed by atoms with Crippen LogP contribution in [0.4, 0.5) is 0 Å². The molecule has 3 unspecified atom stereocenters. The molecule has 0 spiro atoms. The van der Waals surface area contributed by atoms with Gasteiger partial charge in [-0.2, -0.15) is 5.26 Å². The molecule has 19 heavy (non-hydrogen) atoms. The van der Waals surface area contributed by atoms with Crippen LogP contribution in [0, 0.1) is 23.2 Å². The molecule has 0 aromatic carbocycles. The highest BCUT2D eigenvalue weighted by Crippen LogP contribution is 2.37. The summed E-state index contributed by atoms with van der Waals surface area (Å²) >= 11 is 0. The first kappa shape index (κ1) is 14.8. The van der Waals surface area contributed by atoms with E-state index in [9.17, 15) is 5.26 Å². The molecule has 3 nitrogen and oxygen atoms in total. The Labute approximate surface area is 118 Å². The lowest BCUT2D eigenvalue weighted by atomic mass is 9.97. The van der Waals surface area contributed by atoms with Crippen LogP contribution < -0.4 is 5.32 Å². The zero-order valence-corrected chi connectivity index (χ0v) is 12.6. The number of nitriles is 1. The van der Waals surface area contributed by atoms with Gasteiger partial charge in [-0.1, -0.05) is 13.3 Å². The summed E-state index contributed by atoms with van der Waals surface area (Å²) in [5.74, 6) is 1.97. The Morgan fingerprint density at radius 3 is 2.58 bits per heavy atom. The topological polar surface area (TPSA) is 39.1 Å². The Bertz CT molecular complexity index is 310. The third-order valence-electron chi connectivity index (χ3n) is 4.96. The lowest BCUT2D eigenvalue weighted by molar-refractivity contribution is 0.287. The Morgan fingerprint density at radius 2 is 2.00 bits per heavy atom. The van der Waals surface area contributed by atoms with Crippen LogP contribution in [-0.2, 0) is 0 Å². The Balaban J connectivity index is 1.67. The number of likely N-dealkylation sites (tertiary alicyclic amines) is 1. The second kappa shape index (κ2) is 6.72. The van der Waals surface area contributed by atoms with Crippen LogP contribution in [0.1, 0.15) is 52.4 Å². The highest BCUT2D eigenvalue weighted by Gasteiger charge is 2.35. The van der Waals surface area contributed by atoms with Crippen molar-refractivity contribution in [2.75, 3.05) is 26.2 Å². The van der Waals surface area contributed by atoms with Crippen molar-refractivity contribution < 1.29 is 0 Å². The molecule has 0 amide bonds. The number of hydrogen-bond acceptors (Lipinski definition) is 3. The molecule has 0 bridgehead atoms. The summed E-state index contributed by atoms with van der Waals surface area (Å²) < 4.78 is 0. The molecule has 1 aliphatic heterocycles. The van der Waals surface area contributed by atoms with E-state index in [0.29, 0.717) is 0 Å². The van der Waals surface area contributed by atoms with Gasteiger partial charge >= 0.3 is 0 Å². The number of rotatable bonds is 7. The molecule has 1 saturated carbocycles. The minimum Gasteiger partial charge on any atom is -0.303 e. The number of nitrogens with one attached hydrogen (secondary N) is 1. The largest absolute Gasteiger partial charge is 0.303 e. The number of fused-ring (bicyclic) bond motifs is 1. The summed E-state index contributed by atoms with van der Waals surface area (Å²) in [4.78, 5) is 2.63. The van der Waals surface area contributed by atoms with Crippen molar-refractivity contribution in [2.24, 2.45) is 11.8 Å². The third-order valence-corrected chi connectivity index (χ3v) is 4.96. The van der Waals surface area contributed by atoms with E-state index >= 15 is 0 Å². The highest BCUT2D eigenvalue weighted by molar-refractivity contribution is 5.03. The molecule has 0 radical (unpaired) electrons. The molecule has 0 aromatic heterocycles. The molecule has 2 fully saturated rings. The molecule has 1 N–H and O–H groups in total. The van der Waals surface area contributed by atoms with Crippen LogP contribution >= 0.6 is 0 Å². The van der Waals surface area contributed by atoms with E-state index in [1.807, 2.05) is 6.92 Å². The zero-order valence-electron chi connectivity index (χ0n) is 12.6. The fraction of sp³-hybridized carbons (Fsp3) is 0.938. The van der Waals surface area contributed by atoms with E-state index in [1.54, 1.807) is 0 Å². The molecular formula is C16H29N3. The van der Waals surface area contributed by atoms with E-state index in [4.69, 9.17) is 0 Å². The van der Waals surface area contributed by atoms with Crippen molar-refractivity contribution in [3.05, 3.63) is 0 Å². The summed E-state index contributed by atoms with van der Waals surface area (Å²) in [6.07, 6.45) is 7.56. The number of nitrogens with zero attached hydrogens (tertiary/aromatic N) is 2. The monoisotopic (exact) mass is 263 g/mol. The predicted molar refractivity (Wildman–Crippen MR) is 78.8 cm³/mol. The van der Waals surface area contributed by atoms with Crippen LogP contribution in [0.25, 0.3) is 0 Å². The van der Waals surface area contributed by atoms with Gasteiger partial charge in [0.05, 0.1) is 6.07 Å². The van der Waals surface area contributed by atoms with Crippen molar-refractivity contribution in [2.45, 2.75) is 57.9 Å². The summed E-state index contributed by atoms with van der Waals surface area (Å²) in [6, 6.07) is 2.45. The van der Waals surface area contributed by atoms with Gasteiger partial charge in [0.25, 0.3) is 0 Å². The maximum atomic E-state index is 9.31. The Morgan fingerprint density at radius 1 is 1.32 bits per heavy atom. The van der Waals surface area contributed by atoms with Gasteiger partial charge in [-0.3, -0.25) is 5.32 Å². The van der Waals surface area contributed by atoms with Gasteiger partial charge in [0.2, 0.25) is 0 Å². The SMILES string of the molecule is CCCNC(C)(C#N)CCCN1CC2CCCC2C1.